The Kier molecular flexibility index (Phi) is 2.33. The highest BCUT2D eigenvalue weighted by Gasteiger charge is 2.06. The Hall–Kier alpha value is -1.97. The molecule has 0 unspecified atom stereocenters. The van der Waals surface area contributed by atoms with Crippen molar-refractivity contribution in [3.05, 3.63) is 35.8 Å². The van der Waals surface area contributed by atoms with Crippen LogP contribution in [-0.2, 0) is 0 Å². The Balaban J connectivity index is 2.64. The monoisotopic (exact) mass is 201 g/mol. The second-order valence-electron chi connectivity index (χ2n) is 3.30. The van der Waals surface area contributed by atoms with Crippen molar-refractivity contribution >= 4 is 16.8 Å². The fourth-order valence-corrected chi connectivity index (χ4v) is 1.43. The fourth-order valence-electron chi connectivity index (χ4n) is 1.43. The lowest BCUT2D eigenvalue weighted by atomic mass is 10.2. The average Bonchev–Trinajstić information content (AvgIpc) is 2.28. The van der Waals surface area contributed by atoms with Gasteiger partial charge in [0.25, 0.3) is 5.91 Å². The quantitative estimate of drug-likeness (QED) is 0.756. The predicted molar refractivity (Wildman–Crippen MR) is 57.7 cm³/mol. The zero-order chi connectivity index (χ0) is 10.8. The number of nitrogens with one attached hydrogen (secondary N) is 1. The van der Waals surface area contributed by atoms with Crippen LogP contribution in [0.3, 0.4) is 0 Å². The molecular weight excluding hydrogens is 190 g/mol. The van der Waals surface area contributed by atoms with E-state index in [9.17, 15) is 4.79 Å². The minimum Gasteiger partial charge on any atom is -0.354 e. The molecule has 2 aromatic heterocycles. The van der Waals surface area contributed by atoms with Crippen LogP contribution in [-0.4, -0.2) is 22.9 Å². The van der Waals surface area contributed by atoms with Crippen LogP contribution < -0.4 is 5.32 Å². The highest BCUT2D eigenvalue weighted by molar-refractivity contribution is 5.94. The summed E-state index contributed by atoms with van der Waals surface area (Å²) in [5.74, 6) is -0.173. The first-order valence-electron chi connectivity index (χ1n) is 4.66. The Morgan fingerprint density at radius 1 is 1.33 bits per heavy atom. The van der Waals surface area contributed by atoms with Gasteiger partial charge in [-0.2, -0.15) is 0 Å². The summed E-state index contributed by atoms with van der Waals surface area (Å²) in [5, 5.41) is 3.50. The van der Waals surface area contributed by atoms with Gasteiger partial charge in [-0.25, -0.2) is 4.98 Å². The summed E-state index contributed by atoms with van der Waals surface area (Å²) in [6.07, 6.45) is 3.48. The minimum absolute atomic E-state index is 0.173. The molecule has 0 radical (unpaired) electrons. The standard InChI is InChI=1S/C11H11N3O/c1-7-5-13-6-8-3-4-9(11(15)12-2)14-10(7)8/h3-6H,1-2H3,(H,12,15). The smallest absolute Gasteiger partial charge is 0.269 e. The number of rotatable bonds is 1. The maximum Gasteiger partial charge on any atom is 0.269 e. The van der Waals surface area contributed by atoms with Crippen molar-refractivity contribution < 1.29 is 4.79 Å². The van der Waals surface area contributed by atoms with Gasteiger partial charge in [0.05, 0.1) is 5.52 Å². The van der Waals surface area contributed by atoms with E-state index in [1.807, 2.05) is 13.0 Å². The molecule has 1 amide bonds. The van der Waals surface area contributed by atoms with Gasteiger partial charge in [-0.05, 0) is 24.6 Å². The molecule has 2 heterocycles. The van der Waals surface area contributed by atoms with E-state index in [0.717, 1.165) is 16.5 Å². The van der Waals surface area contributed by atoms with Crippen molar-refractivity contribution in [2.75, 3.05) is 7.05 Å². The van der Waals surface area contributed by atoms with Crippen LogP contribution in [0.15, 0.2) is 24.5 Å². The van der Waals surface area contributed by atoms with E-state index in [4.69, 9.17) is 0 Å². The van der Waals surface area contributed by atoms with Crippen LogP contribution in [0, 0.1) is 6.92 Å². The molecule has 0 aliphatic heterocycles. The summed E-state index contributed by atoms with van der Waals surface area (Å²) in [7, 11) is 1.59. The highest BCUT2D eigenvalue weighted by Crippen LogP contribution is 2.14. The lowest BCUT2D eigenvalue weighted by molar-refractivity contribution is 0.0958. The van der Waals surface area contributed by atoms with E-state index < -0.39 is 0 Å². The highest BCUT2D eigenvalue weighted by atomic mass is 16.1. The first-order chi connectivity index (χ1) is 7.22. The first kappa shape index (κ1) is 9.58. The van der Waals surface area contributed by atoms with Gasteiger partial charge in [-0.1, -0.05) is 0 Å². The van der Waals surface area contributed by atoms with E-state index in [2.05, 4.69) is 15.3 Å². The molecule has 2 aromatic rings. The summed E-state index contributed by atoms with van der Waals surface area (Å²) in [6.45, 7) is 1.93. The first-order valence-corrected chi connectivity index (χ1v) is 4.66. The van der Waals surface area contributed by atoms with Crippen LogP contribution in [0.4, 0.5) is 0 Å². The summed E-state index contributed by atoms with van der Waals surface area (Å²) in [4.78, 5) is 19.7. The minimum atomic E-state index is -0.173. The normalized spacial score (nSPS) is 10.3. The number of carbonyl (C=O) groups is 1. The molecule has 15 heavy (non-hydrogen) atoms. The van der Waals surface area contributed by atoms with Crippen molar-refractivity contribution in [1.82, 2.24) is 15.3 Å². The average molecular weight is 201 g/mol. The molecule has 0 aliphatic rings. The van der Waals surface area contributed by atoms with Crippen molar-refractivity contribution in [1.29, 1.82) is 0 Å². The lowest BCUT2D eigenvalue weighted by Crippen LogP contribution is -2.19. The van der Waals surface area contributed by atoms with Gasteiger partial charge in [0.1, 0.15) is 5.69 Å². The topological polar surface area (TPSA) is 54.9 Å². The maximum absolute atomic E-state index is 11.4. The van der Waals surface area contributed by atoms with Gasteiger partial charge in [0, 0.05) is 24.8 Å². The molecule has 0 bridgehead atoms. The third-order valence-electron chi connectivity index (χ3n) is 2.24. The summed E-state index contributed by atoms with van der Waals surface area (Å²) in [6, 6.07) is 3.55. The molecule has 0 saturated heterocycles. The predicted octanol–water partition coefficient (Wildman–Crippen LogP) is 1.30. The van der Waals surface area contributed by atoms with Crippen LogP contribution in [0.2, 0.25) is 0 Å². The van der Waals surface area contributed by atoms with Crippen LogP contribution in [0.1, 0.15) is 16.1 Å². The van der Waals surface area contributed by atoms with Crippen molar-refractivity contribution in [2.45, 2.75) is 6.92 Å². The number of nitrogens with zero attached hydrogens (tertiary/aromatic N) is 2. The number of fused-ring (bicyclic) bond motifs is 1. The van der Waals surface area contributed by atoms with Gasteiger partial charge >= 0.3 is 0 Å². The molecule has 4 heteroatoms. The van der Waals surface area contributed by atoms with E-state index in [0.29, 0.717) is 5.69 Å². The number of hydrogen-bond acceptors (Lipinski definition) is 3. The molecular formula is C11H11N3O. The van der Waals surface area contributed by atoms with Crippen LogP contribution in [0.25, 0.3) is 10.9 Å². The van der Waals surface area contributed by atoms with Crippen LogP contribution >= 0.6 is 0 Å². The number of pyridine rings is 2. The summed E-state index contributed by atoms with van der Waals surface area (Å²) >= 11 is 0. The molecule has 1 N–H and O–H groups in total. The molecule has 4 nitrogen and oxygen atoms in total. The third-order valence-corrected chi connectivity index (χ3v) is 2.24. The van der Waals surface area contributed by atoms with Gasteiger partial charge in [0.15, 0.2) is 0 Å². The third kappa shape index (κ3) is 1.66. The Bertz CT molecular complexity index is 522. The molecule has 0 spiro atoms. The molecule has 0 atom stereocenters. The largest absolute Gasteiger partial charge is 0.354 e. The van der Waals surface area contributed by atoms with E-state index >= 15 is 0 Å². The zero-order valence-electron chi connectivity index (χ0n) is 8.61. The van der Waals surface area contributed by atoms with Crippen molar-refractivity contribution in [2.24, 2.45) is 0 Å². The summed E-state index contributed by atoms with van der Waals surface area (Å²) in [5.41, 5.74) is 2.23. The van der Waals surface area contributed by atoms with Crippen LogP contribution in [0.5, 0.6) is 0 Å². The molecule has 76 valence electrons. The van der Waals surface area contributed by atoms with Gasteiger partial charge in [0.2, 0.25) is 0 Å². The molecule has 2 rings (SSSR count). The molecule has 0 aliphatic carbocycles. The van der Waals surface area contributed by atoms with Gasteiger partial charge < -0.3 is 5.32 Å². The number of aromatic nitrogens is 2. The molecule has 0 aromatic carbocycles. The summed E-state index contributed by atoms with van der Waals surface area (Å²) < 4.78 is 0. The Morgan fingerprint density at radius 2 is 2.13 bits per heavy atom. The Morgan fingerprint density at radius 3 is 2.87 bits per heavy atom. The number of hydrogen-bond donors (Lipinski definition) is 1. The zero-order valence-corrected chi connectivity index (χ0v) is 8.61. The van der Waals surface area contributed by atoms with E-state index in [1.54, 1.807) is 25.5 Å². The number of carbonyl (C=O) groups excluding carboxylic acids is 1. The second-order valence-corrected chi connectivity index (χ2v) is 3.30. The fraction of sp³-hybridized carbons (Fsp3) is 0.182. The number of amides is 1. The number of aryl methyl sites for hydroxylation is 1. The lowest BCUT2D eigenvalue weighted by Gasteiger charge is -2.03. The molecule has 0 fully saturated rings. The van der Waals surface area contributed by atoms with Crippen molar-refractivity contribution in [3.63, 3.8) is 0 Å². The second kappa shape index (κ2) is 3.65. The molecule has 0 saturated carbocycles. The van der Waals surface area contributed by atoms with E-state index in [1.165, 1.54) is 0 Å². The van der Waals surface area contributed by atoms with Crippen molar-refractivity contribution in [3.8, 4) is 0 Å². The maximum atomic E-state index is 11.4. The Labute approximate surface area is 87.4 Å². The van der Waals surface area contributed by atoms with Gasteiger partial charge in [-0.15, -0.1) is 0 Å². The SMILES string of the molecule is CNC(=O)c1ccc2cncc(C)c2n1. The van der Waals surface area contributed by atoms with E-state index in [-0.39, 0.29) is 5.91 Å². The van der Waals surface area contributed by atoms with Gasteiger partial charge in [-0.3, -0.25) is 9.78 Å².